The van der Waals surface area contributed by atoms with E-state index in [1.807, 2.05) is 0 Å². The Balaban J connectivity index is 3.05. The molecule has 0 radical (unpaired) electrons. The van der Waals surface area contributed by atoms with Crippen molar-refractivity contribution in [2.24, 2.45) is 5.73 Å². The maximum absolute atomic E-state index is 13.5. The van der Waals surface area contributed by atoms with Crippen LogP contribution in [0, 0.1) is 11.6 Å². The Morgan fingerprint density at radius 1 is 1.36 bits per heavy atom. The van der Waals surface area contributed by atoms with Crippen LogP contribution in [0.2, 0.25) is 0 Å². The molecule has 0 unspecified atom stereocenters. The lowest BCUT2D eigenvalue weighted by Crippen LogP contribution is -2.07. The highest BCUT2D eigenvalue weighted by molar-refractivity contribution is 5.33. The predicted molar refractivity (Wildman–Crippen MR) is 50.3 cm³/mol. The van der Waals surface area contributed by atoms with E-state index in [1.54, 1.807) is 6.92 Å². The summed E-state index contributed by atoms with van der Waals surface area (Å²) in [6, 6.07) is 2.58. The zero-order chi connectivity index (χ0) is 10.6. The molecule has 0 spiro atoms. The first-order valence-electron chi connectivity index (χ1n) is 4.50. The Kier molecular flexibility index (Phi) is 3.83. The number of hydrogen-bond donors (Lipinski definition) is 1. The number of ether oxygens (including phenoxy) is 1. The van der Waals surface area contributed by atoms with Crippen LogP contribution in [0.4, 0.5) is 8.78 Å². The summed E-state index contributed by atoms with van der Waals surface area (Å²) in [7, 11) is 0. The lowest BCUT2D eigenvalue weighted by Gasteiger charge is -2.09. The van der Waals surface area contributed by atoms with Crippen molar-refractivity contribution in [3.05, 3.63) is 29.3 Å². The van der Waals surface area contributed by atoms with Crippen molar-refractivity contribution in [1.29, 1.82) is 0 Å². The Labute approximate surface area is 81.7 Å². The molecule has 0 aromatic heterocycles. The van der Waals surface area contributed by atoms with Crippen LogP contribution in [-0.4, -0.2) is 13.2 Å². The van der Waals surface area contributed by atoms with Gasteiger partial charge in [-0.3, -0.25) is 0 Å². The van der Waals surface area contributed by atoms with Crippen molar-refractivity contribution in [1.82, 2.24) is 0 Å². The van der Waals surface area contributed by atoms with Crippen LogP contribution in [-0.2, 0) is 6.42 Å². The molecule has 2 N–H and O–H groups in total. The first kappa shape index (κ1) is 10.9. The molecule has 1 rings (SSSR count). The molecule has 4 heteroatoms. The van der Waals surface area contributed by atoms with E-state index in [-0.39, 0.29) is 12.4 Å². The second kappa shape index (κ2) is 4.91. The van der Waals surface area contributed by atoms with Gasteiger partial charge in [0.05, 0.1) is 6.61 Å². The zero-order valence-electron chi connectivity index (χ0n) is 8.02. The van der Waals surface area contributed by atoms with E-state index in [0.717, 1.165) is 0 Å². The zero-order valence-corrected chi connectivity index (χ0v) is 8.02. The van der Waals surface area contributed by atoms with Gasteiger partial charge in [-0.05, 0) is 31.5 Å². The van der Waals surface area contributed by atoms with E-state index in [4.69, 9.17) is 10.5 Å². The Morgan fingerprint density at radius 2 is 2.07 bits per heavy atom. The molecule has 0 heterocycles. The molecule has 0 aliphatic rings. The van der Waals surface area contributed by atoms with E-state index < -0.39 is 11.6 Å². The van der Waals surface area contributed by atoms with Crippen LogP contribution in [0.25, 0.3) is 0 Å². The second-order valence-corrected chi connectivity index (χ2v) is 2.82. The maximum Gasteiger partial charge on any atom is 0.190 e. The molecule has 0 saturated carbocycles. The molecule has 14 heavy (non-hydrogen) atoms. The largest absolute Gasteiger partial charge is 0.488 e. The number of rotatable bonds is 4. The Hall–Kier alpha value is -1.16. The van der Waals surface area contributed by atoms with Gasteiger partial charge in [-0.1, -0.05) is 6.07 Å². The normalized spacial score (nSPS) is 10.3. The first-order chi connectivity index (χ1) is 6.70. The highest BCUT2D eigenvalue weighted by Gasteiger charge is 2.13. The monoisotopic (exact) mass is 201 g/mol. The fraction of sp³-hybridized carbons (Fsp3) is 0.400. The van der Waals surface area contributed by atoms with Gasteiger partial charge in [0.15, 0.2) is 17.4 Å². The van der Waals surface area contributed by atoms with Crippen molar-refractivity contribution in [3.8, 4) is 5.75 Å². The average Bonchev–Trinajstić information content (AvgIpc) is 2.17. The highest BCUT2D eigenvalue weighted by atomic mass is 19.1. The minimum Gasteiger partial charge on any atom is -0.488 e. The Morgan fingerprint density at radius 3 is 2.64 bits per heavy atom. The van der Waals surface area contributed by atoms with Crippen molar-refractivity contribution >= 4 is 0 Å². The van der Waals surface area contributed by atoms with Gasteiger partial charge in [0, 0.05) is 0 Å². The van der Waals surface area contributed by atoms with Gasteiger partial charge in [-0.15, -0.1) is 0 Å². The van der Waals surface area contributed by atoms with Crippen molar-refractivity contribution in [2.45, 2.75) is 13.3 Å². The summed E-state index contributed by atoms with van der Waals surface area (Å²) in [4.78, 5) is 0. The van der Waals surface area contributed by atoms with E-state index in [1.165, 1.54) is 12.1 Å². The molecular weight excluding hydrogens is 188 g/mol. The van der Waals surface area contributed by atoms with Crippen LogP contribution < -0.4 is 10.5 Å². The van der Waals surface area contributed by atoms with E-state index in [0.29, 0.717) is 18.5 Å². The van der Waals surface area contributed by atoms with Gasteiger partial charge >= 0.3 is 0 Å². The summed E-state index contributed by atoms with van der Waals surface area (Å²) in [5.74, 6) is -1.62. The summed E-state index contributed by atoms with van der Waals surface area (Å²) >= 11 is 0. The number of nitrogens with two attached hydrogens (primary N) is 1. The van der Waals surface area contributed by atoms with E-state index >= 15 is 0 Å². The molecule has 0 atom stereocenters. The standard InChI is InChI=1S/C10H13F2NO/c1-2-14-10-8(11)4-3-7(5-6-13)9(10)12/h3-4H,2,5-6,13H2,1H3. The molecule has 0 aliphatic heterocycles. The lowest BCUT2D eigenvalue weighted by molar-refractivity contribution is 0.301. The third-order valence-electron chi connectivity index (χ3n) is 1.83. The minimum absolute atomic E-state index is 0.236. The molecule has 0 amide bonds. The van der Waals surface area contributed by atoms with Gasteiger partial charge in [0.2, 0.25) is 0 Å². The van der Waals surface area contributed by atoms with Crippen molar-refractivity contribution < 1.29 is 13.5 Å². The molecule has 78 valence electrons. The SMILES string of the molecule is CCOc1c(F)ccc(CCN)c1F. The third kappa shape index (κ3) is 2.20. The molecule has 1 aromatic carbocycles. The van der Waals surface area contributed by atoms with Crippen LogP contribution >= 0.6 is 0 Å². The summed E-state index contributed by atoms with van der Waals surface area (Å²) in [6.45, 7) is 2.24. The fourth-order valence-electron chi connectivity index (χ4n) is 1.20. The molecule has 2 nitrogen and oxygen atoms in total. The fourth-order valence-corrected chi connectivity index (χ4v) is 1.20. The number of benzene rings is 1. The van der Waals surface area contributed by atoms with Crippen LogP contribution in [0.1, 0.15) is 12.5 Å². The highest BCUT2D eigenvalue weighted by Crippen LogP contribution is 2.24. The first-order valence-corrected chi connectivity index (χ1v) is 4.50. The molecule has 1 aromatic rings. The smallest absolute Gasteiger partial charge is 0.190 e. The molecule has 0 bridgehead atoms. The van der Waals surface area contributed by atoms with Crippen LogP contribution in [0.15, 0.2) is 12.1 Å². The van der Waals surface area contributed by atoms with Gasteiger partial charge in [0.1, 0.15) is 0 Å². The second-order valence-electron chi connectivity index (χ2n) is 2.82. The van der Waals surface area contributed by atoms with Gasteiger partial charge in [-0.2, -0.15) is 0 Å². The predicted octanol–water partition coefficient (Wildman–Crippen LogP) is 1.86. The summed E-state index contributed by atoms with van der Waals surface area (Å²) in [5.41, 5.74) is 5.68. The van der Waals surface area contributed by atoms with E-state index in [9.17, 15) is 8.78 Å². The van der Waals surface area contributed by atoms with Crippen LogP contribution in [0.5, 0.6) is 5.75 Å². The van der Waals surface area contributed by atoms with Crippen molar-refractivity contribution in [2.75, 3.05) is 13.2 Å². The molecule has 0 saturated heterocycles. The van der Waals surface area contributed by atoms with E-state index in [2.05, 4.69) is 0 Å². The maximum atomic E-state index is 13.5. The minimum atomic E-state index is -0.676. The van der Waals surface area contributed by atoms with Gasteiger partial charge in [0.25, 0.3) is 0 Å². The van der Waals surface area contributed by atoms with Gasteiger partial charge in [-0.25, -0.2) is 8.78 Å². The Bertz CT molecular complexity index is 315. The number of halogens is 2. The number of hydrogen-bond acceptors (Lipinski definition) is 2. The summed E-state index contributed by atoms with van der Waals surface area (Å²) < 4.78 is 31.4. The molecule has 0 fully saturated rings. The average molecular weight is 201 g/mol. The molecule has 0 aliphatic carbocycles. The van der Waals surface area contributed by atoms with Crippen LogP contribution in [0.3, 0.4) is 0 Å². The third-order valence-corrected chi connectivity index (χ3v) is 1.83. The van der Waals surface area contributed by atoms with Gasteiger partial charge < -0.3 is 10.5 Å². The topological polar surface area (TPSA) is 35.2 Å². The van der Waals surface area contributed by atoms with Crippen molar-refractivity contribution in [3.63, 3.8) is 0 Å². The summed E-state index contributed by atoms with van der Waals surface area (Å²) in [6.07, 6.45) is 0.381. The lowest BCUT2D eigenvalue weighted by atomic mass is 10.1. The molecular formula is C10H13F2NO. The summed E-state index contributed by atoms with van der Waals surface area (Å²) in [5, 5.41) is 0. The quantitative estimate of drug-likeness (QED) is 0.807.